The second kappa shape index (κ2) is 51.4. The van der Waals surface area contributed by atoms with Crippen LogP contribution in [-0.4, -0.2) is 276 Å². The van der Waals surface area contributed by atoms with Gasteiger partial charge in [-0.25, -0.2) is 37.5 Å². The van der Waals surface area contributed by atoms with E-state index >= 15 is 0 Å². The lowest BCUT2D eigenvalue weighted by Crippen LogP contribution is -2.50. The van der Waals surface area contributed by atoms with E-state index in [0.717, 1.165) is 106 Å². The molecule has 45 heteroatoms. The van der Waals surface area contributed by atoms with Crippen molar-refractivity contribution in [2.75, 3.05) is 72.0 Å². The van der Waals surface area contributed by atoms with E-state index in [1.807, 2.05) is 67.6 Å². The number of quaternary nitrogens is 1. The molecule has 6 aromatic rings. The molecule has 10 aliphatic rings. The maximum absolute atomic E-state index is 12.8. The number of unbranched alkanes of at least 4 members (excludes halogenated alkanes) is 8. The number of carbonyl (C=O) groups is 7. The lowest BCUT2D eigenvalue weighted by Gasteiger charge is -2.39. The van der Waals surface area contributed by atoms with E-state index < -0.39 is 63.1 Å². The highest BCUT2D eigenvalue weighted by atomic mass is 32.3. The minimum Gasteiger partial charge on any atom is -0.724 e. The first kappa shape index (κ1) is 105. The molecule has 10 atom stereocenters. The molecule has 0 radical (unpaired) electrons. The van der Waals surface area contributed by atoms with Gasteiger partial charge in [0.05, 0.1) is 62.9 Å². The number of carbonyl (C=O) groups excluding carboxylic acids is 7. The van der Waals surface area contributed by atoms with Gasteiger partial charge in [-0.3, -0.25) is 29.0 Å². The van der Waals surface area contributed by atoms with Crippen molar-refractivity contribution in [1.29, 1.82) is 0 Å². The van der Waals surface area contributed by atoms with Gasteiger partial charge in [0.15, 0.2) is 5.78 Å². The third-order valence-corrected chi connectivity index (χ3v) is 26.5. The van der Waals surface area contributed by atoms with Gasteiger partial charge < -0.3 is 62.3 Å². The van der Waals surface area contributed by atoms with Crippen LogP contribution in [-0.2, 0) is 87.5 Å². The van der Waals surface area contributed by atoms with Crippen molar-refractivity contribution in [3.05, 3.63) is 119 Å². The number of aryl methyl sites for hydroxylation is 4. The molecule has 43 nitrogen and oxygen atoms in total. The van der Waals surface area contributed by atoms with Crippen molar-refractivity contribution in [3.63, 3.8) is 0 Å². The quantitative estimate of drug-likeness (QED) is 0.0119. The summed E-state index contributed by atoms with van der Waals surface area (Å²) in [6.07, 6.45) is 29.5. The second-order valence-electron chi connectivity index (χ2n) is 35.9. The Bertz CT molecular complexity index is 4800. The molecule has 11 amide bonds. The zero-order chi connectivity index (χ0) is 96.8. The third-order valence-electron chi connectivity index (χ3n) is 25.8. The average molecular weight is 1930 g/mol. The number of nitrogens with zero attached hydrogens (tertiary/aromatic N) is 19. The molecule has 748 valence electrons. The van der Waals surface area contributed by atoms with Crippen molar-refractivity contribution in [1.82, 2.24) is 95.9 Å². The highest BCUT2D eigenvalue weighted by molar-refractivity contribution is 7.81. The van der Waals surface area contributed by atoms with Crippen LogP contribution in [0.25, 0.3) is 0 Å². The van der Waals surface area contributed by atoms with Crippen LogP contribution in [0.15, 0.2) is 78.3 Å². The van der Waals surface area contributed by atoms with Gasteiger partial charge in [0.25, 0.3) is 0 Å². The number of piperidine rings is 5. The van der Waals surface area contributed by atoms with E-state index in [4.69, 9.17) is 37.6 Å². The van der Waals surface area contributed by atoms with Crippen molar-refractivity contribution in [3.8, 4) is 0 Å². The summed E-state index contributed by atoms with van der Waals surface area (Å²) in [6, 6.07) is 14.8. The standard InChI is InChI=1S/C20H27N3O4.C19H24N4O3.C16H36N.C12H18N4O6S.C12H18N4O3.C11H17N5O6S/c1-2-3-9-17(24)12-21-19(25)18-11-10-16-13-22(18)20(26)23(16)27-14-15-7-5-4-6-8-15;1-2-3-9-17-20-21-18(26-17)16-11-10-15-12-22(16)19(24)23(15)25-13-14-7-5-4-6-8-14;1-5-9-13-17(14-10-6-2,15-11-7-3)16-12-8-4;1-2-3-4-10-13-14-11(21-10)9-6-5-8-7-15(9)12(17)16(8)22-23(18,19)20;1-2-3-4-10-13-14-11(19-10)9-6-5-8-7-15(9)12(17)16(8)18;12-5-1-2-9-13-14-10(21-9)8-4-3-7-6-15(8)11(17)16(7)22-23(18,19)20/h4-8,16,18H,2-3,9-14H2,1H3,(H,21,25);4-8,15-16H,2-3,9-13H2,1H3;5-16H2,1-4H3;8-9H,2-7H2,1H3,(H,18,19,20);8-9,18H,2-7H2,1H3;7-8H,1-6,12H2,(H,18,19,20)/q;;+1;;;/p-1/t16-,18+;15-,16+;;2*8-,9+;7-,8+/m11.111/s1. The number of ketones is 1. The summed E-state index contributed by atoms with van der Waals surface area (Å²) in [4.78, 5) is 105. The number of urea groups is 5. The Labute approximate surface area is 790 Å². The maximum atomic E-state index is 12.8. The molecule has 135 heavy (non-hydrogen) atoms. The number of amides is 11. The zero-order valence-electron chi connectivity index (χ0n) is 79.3. The average Bonchev–Trinajstić information content (AvgIpc) is 1.62. The van der Waals surface area contributed by atoms with Crippen molar-refractivity contribution in [2.45, 2.75) is 334 Å². The first-order chi connectivity index (χ1) is 65.1. The first-order valence-electron chi connectivity index (χ1n) is 48.6. The zero-order valence-corrected chi connectivity index (χ0v) is 81.0. The van der Waals surface area contributed by atoms with E-state index in [0.29, 0.717) is 161 Å². The van der Waals surface area contributed by atoms with E-state index in [-0.39, 0.29) is 79.6 Å². The van der Waals surface area contributed by atoms with Crippen LogP contribution < -0.4 is 11.1 Å². The lowest BCUT2D eigenvalue weighted by molar-refractivity contribution is -0.929. The van der Waals surface area contributed by atoms with Crippen molar-refractivity contribution in [2.24, 2.45) is 5.73 Å². The summed E-state index contributed by atoms with van der Waals surface area (Å²) in [5, 5.41) is 49.7. The summed E-state index contributed by atoms with van der Waals surface area (Å²) < 4.78 is 95.4. The normalized spacial score (nSPS) is 22.1. The Kier molecular flexibility index (Phi) is 40.2. The molecule has 0 saturated carbocycles. The highest BCUT2D eigenvalue weighted by Gasteiger charge is 2.54. The van der Waals surface area contributed by atoms with Gasteiger partial charge in [-0.2, -0.15) is 33.0 Å². The van der Waals surface area contributed by atoms with E-state index in [9.17, 15) is 60.2 Å². The van der Waals surface area contributed by atoms with Gasteiger partial charge in [0.1, 0.15) is 43.4 Å². The molecular formula is C90H139N21O22S2. The van der Waals surface area contributed by atoms with Crippen LogP contribution >= 0.6 is 0 Å². The Morgan fingerprint density at radius 3 is 1.13 bits per heavy atom. The van der Waals surface area contributed by atoms with Crippen molar-refractivity contribution >= 4 is 62.6 Å². The molecule has 4 aromatic heterocycles. The van der Waals surface area contributed by atoms with Gasteiger partial charge in [-0.1, -0.05) is 167 Å². The number of nitrogens with one attached hydrogen (secondary N) is 1. The van der Waals surface area contributed by atoms with Crippen LogP contribution in [0.2, 0.25) is 0 Å². The van der Waals surface area contributed by atoms with Crippen LogP contribution in [0.4, 0.5) is 24.0 Å². The molecule has 10 saturated heterocycles. The summed E-state index contributed by atoms with van der Waals surface area (Å²) >= 11 is 0. The fourth-order valence-corrected chi connectivity index (χ4v) is 19.1. The Morgan fingerprint density at radius 1 is 0.430 bits per heavy atom. The predicted molar refractivity (Wildman–Crippen MR) is 485 cm³/mol. The fraction of sp³-hybridized carbons (Fsp3) is 0.700. The summed E-state index contributed by atoms with van der Waals surface area (Å²) in [5.41, 5.74) is 7.46. The van der Waals surface area contributed by atoms with Crippen LogP contribution in [0.3, 0.4) is 0 Å². The first-order valence-corrected chi connectivity index (χ1v) is 51.3. The minimum atomic E-state index is -4.99. The number of hydroxylamine groups is 10. The lowest BCUT2D eigenvalue weighted by atomic mass is 10.0. The van der Waals surface area contributed by atoms with Crippen LogP contribution in [0.1, 0.15) is 318 Å². The molecule has 2 aromatic carbocycles. The number of hydrogen-bond acceptors (Lipinski definition) is 30. The predicted octanol–water partition coefficient (Wildman–Crippen LogP) is 12.9. The molecule has 5 N–H and O–H groups in total. The molecule has 0 spiro atoms. The molecule has 10 aliphatic heterocycles. The molecule has 10 bridgehead atoms. The fourth-order valence-electron chi connectivity index (χ4n) is 18.3. The molecular weight excluding hydrogens is 1790 g/mol. The van der Waals surface area contributed by atoms with Crippen LogP contribution in [0, 0.1) is 0 Å². The number of aromatic nitrogens is 8. The minimum absolute atomic E-state index is 0.0273. The van der Waals surface area contributed by atoms with Gasteiger partial charge >= 0.3 is 40.6 Å². The topological polar surface area (TPSA) is 514 Å². The van der Waals surface area contributed by atoms with Gasteiger partial charge in [-0.15, -0.1) is 45.1 Å². The molecule has 10 fully saturated rings. The highest BCUT2D eigenvalue weighted by Crippen LogP contribution is 2.43. The van der Waals surface area contributed by atoms with E-state index in [1.54, 1.807) is 14.7 Å². The second-order valence-corrected chi connectivity index (χ2v) is 37.9. The number of fused-ring (bicyclic) bond motifs is 10. The van der Waals surface area contributed by atoms with Gasteiger partial charge in [0.2, 0.25) is 63.4 Å². The summed E-state index contributed by atoms with van der Waals surface area (Å²) in [6.45, 7) is 26.8. The number of benzene rings is 2. The maximum Gasteiger partial charge on any atom is 0.418 e. The Hall–Kier alpha value is -9.97. The molecule has 14 heterocycles. The molecule has 0 aliphatic carbocycles. The Balaban J connectivity index is 0.000000157. The molecule has 16 rings (SSSR count). The number of hydrogen-bond donors (Lipinski definition) is 4. The summed E-state index contributed by atoms with van der Waals surface area (Å²) in [5.74, 6) is 3.71. The van der Waals surface area contributed by atoms with Crippen molar-refractivity contribution < 1.29 is 105 Å². The van der Waals surface area contributed by atoms with E-state index in [2.05, 4.69) is 103 Å². The molecule has 0 unspecified atom stereocenters. The smallest absolute Gasteiger partial charge is 0.418 e. The number of rotatable bonds is 44. The van der Waals surface area contributed by atoms with Gasteiger partial charge in [-0.05, 0) is 140 Å². The largest absolute Gasteiger partial charge is 0.724 e. The van der Waals surface area contributed by atoms with E-state index in [1.165, 1.54) is 102 Å². The van der Waals surface area contributed by atoms with Crippen LogP contribution in [0.5, 0.6) is 0 Å². The number of Topliss-reactive ketones (excluding diaryl/α,β-unsaturated/α-hetero) is 1. The van der Waals surface area contributed by atoms with Gasteiger partial charge in [0, 0.05) is 64.8 Å². The number of nitrogens with two attached hydrogens (primary N) is 1. The summed E-state index contributed by atoms with van der Waals surface area (Å²) in [7, 11) is -9.74. The monoisotopic (exact) mass is 1930 g/mol. The SMILES string of the molecule is CCCCC(=O)CNC(=O)[C@@H]1CC[C@@H]2CN1C(=O)N2OCc1ccccc1.CCCC[N+](CCCC)(CCCC)CCCC.CCCCc1nnc([C@@H]2CC[C@@H]3CN2C(=O)N3O)o1.CCCCc1nnc([C@@H]2CC[C@@H]3CN2C(=O)N3OCc2ccccc2)o1.CCCCc1nnc([C@@H]2CC[C@@H]3CN2C(=O)N3OS(=O)(=O)[O-])o1.NCCCc1nnc([C@@H]2CC[C@@H]3CN2C(=O)N3OS(=O)(=O)O)o1. The third kappa shape index (κ3) is 29.1. The Morgan fingerprint density at radius 2 is 0.756 bits per heavy atom.